The molecule has 26 heavy (non-hydrogen) atoms. The number of carboxylic acid groups (broad SMARTS) is 1. The molecule has 0 aliphatic rings. The Morgan fingerprint density at radius 1 is 1.19 bits per heavy atom. The van der Waals surface area contributed by atoms with E-state index in [-0.39, 0.29) is 17.6 Å². The number of carboxylic acids is 1. The summed E-state index contributed by atoms with van der Waals surface area (Å²) in [5.74, 6) is -2.57. The molecule has 0 aliphatic heterocycles. The Labute approximate surface area is 158 Å². The van der Waals surface area contributed by atoms with E-state index in [4.69, 9.17) is 17.2 Å². The Morgan fingerprint density at radius 3 is 2.27 bits per heavy atom. The van der Waals surface area contributed by atoms with Crippen molar-refractivity contribution in [1.29, 1.82) is 0 Å². The predicted molar refractivity (Wildman–Crippen MR) is 103 cm³/mol. The maximum atomic E-state index is 12.3. The van der Waals surface area contributed by atoms with Gasteiger partial charge in [0.05, 0.1) is 6.04 Å². The highest BCUT2D eigenvalue weighted by Crippen LogP contribution is 2.08. The van der Waals surface area contributed by atoms with Crippen LogP contribution in [0.1, 0.15) is 33.1 Å². The van der Waals surface area contributed by atoms with Gasteiger partial charge in [0.15, 0.2) is 5.96 Å². The standard InChI is InChI=1S/C15H30N6O4S/c1-3-8(2)11(14(24)25)21-13(23)10(7-26)20-12(22)9(16)5-4-6-19-15(17)18/h8-11,26H,3-7,16H2,1-2H3,(H,20,22)(H,21,23)(H,24,25)(H4,17,18,19). The van der Waals surface area contributed by atoms with Crippen LogP contribution in [0.2, 0.25) is 0 Å². The van der Waals surface area contributed by atoms with E-state index < -0.39 is 35.9 Å². The molecule has 4 atom stereocenters. The van der Waals surface area contributed by atoms with Crippen LogP contribution >= 0.6 is 12.6 Å². The summed E-state index contributed by atoms with van der Waals surface area (Å²) in [5, 5.41) is 14.2. The summed E-state index contributed by atoms with van der Waals surface area (Å²) in [6.45, 7) is 3.89. The normalized spacial score (nSPS) is 15.2. The van der Waals surface area contributed by atoms with Crippen LogP contribution in [0.25, 0.3) is 0 Å². The molecule has 9 N–H and O–H groups in total. The van der Waals surface area contributed by atoms with Gasteiger partial charge in [0.2, 0.25) is 11.8 Å². The van der Waals surface area contributed by atoms with Gasteiger partial charge < -0.3 is 32.9 Å². The lowest BCUT2D eigenvalue weighted by atomic mass is 9.99. The van der Waals surface area contributed by atoms with Gasteiger partial charge in [0.25, 0.3) is 0 Å². The molecular formula is C15H30N6O4S. The third-order valence-corrected chi connectivity index (χ3v) is 4.26. The summed E-state index contributed by atoms with van der Waals surface area (Å²) in [6, 6.07) is -2.87. The largest absolute Gasteiger partial charge is 0.480 e. The number of amides is 2. The number of nitrogens with zero attached hydrogens (tertiary/aromatic N) is 1. The first-order valence-corrected chi connectivity index (χ1v) is 9.02. The molecular weight excluding hydrogens is 360 g/mol. The summed E-state index contributed by atoms with van der Waals surface area (Å²) in [5.41, 5.74) is 16.2. The van der Waals surface area contributed by atoms with Crippen molar-refractivity contribution in [2.75, 3.05) is 12.3 Å². The highest BCUT2D eigenvalue weighted by atomic mass is 32.1. The molecule has 0 aromatic carbocycles. The number of thiol groups is 1. The minimum Gasteiger partial charge on any atom is -0.480 e. The van der Waals surface area contributed by atoms with Crippen molar-refractivity contribution in [2.24, 2.45) is 28.1 Å². The number of nitrogens with one attached hydrogen (secondary N) is 2. The first-order valence-electron chi connectivity index (χ1n) is 8.39. The molecule has 0 saturated carbocycles. The van der Waals surface area contributed by atoms with Gasteiger partial charge in [-0.05, 0) is 18.8 Å². The van der Waals surface area contributed by atoms with E-state index in [1.807, 2.05) is 6.92 Å². The highest BCUT2D eigenvalue weighted by Gasteiger charge is 2.29. The molecule has 0 saturated heterocycles. The second-order valence-electron chi connectivity index (χ2n) is 6.01. The summed E-state index contributed by atoms with van der Waals surface area (Å²) in [6.07, 6.45) is 1.41. The van der Waals surface area contributed by atoms with E-state index in [1.54, 1.807) is 6.92 Å². The van der Waals surface area contributed by atoms with Crippen LogP contribution in [-0.4, -0.2) is 59.3 Å². The fraction of sp³-hybridized carbons (Fsp3) is 0.733. The molecule has 0 spiro atoms. The average Bonchev–Trinajstić information content (AvgIpc) is 2.59. The number of aliphatic carboxylic acids is 1. The van der Waals surface area contributed by atoms with Gasteiger partial charge in [-0.2, -0.15) is 12.6 Å². The number of carbonyl (C=O) groups excluding carboxylic acids is 2. The van der Waals surface area contributed by atoms with E-state index in [9.17, 15) is 19.5 Å². The number of aliphatic imine (C=N–C) groups is 1. The van der Waals surface area contributed by atoms with Gasteiger partial charge in [0.1, 0.15) is 12.1 Å². The minimum absolute atomic E-state index is 0.00510. The average molecular weight is 391 g/mol. The van der Waals surface area contributed by atoms with Crippen LogP contribution in [0.5, 0.6) is 0 Å². The van der Waals surface area contributed by atoms with Crippen molar-refractivity contribution >= 4 is 36.4 Å². The summed E-state index contributed by atoms with van der Waals surface area (Å²) in [7, 11) is 0. The van der Waals surface area contributed by atoms with Crippen LogP contribution in [0, 0.1) is 5.92 Å². The van der Waals surface area contributed by atoms with Gasteiger partial charge in [-0.3, -0.25) is 14.6 Å². The van der Waals surface area contributed by atoms with Crippen molar-refractivity contribution in [3.8, 4) is 0 Å². The van der Waals surface area contributed by atoms with E-state index in [1.165, 1.54) is 0 Å². The van der Waals surface area contributed by atoms with Gasteiger partial charge in [-0.25, -0.2) is 4.79 Å². The molecule has 0 aromatic heterocycles. The molecule has 0 aromatic rings. The highest BCUT2D eigenvalue weighted by molar-refractivity contribution is 7.80. The second-order valence-corrected chi connectivity index (χ2v) is 6.37. The summed E-state index contributed by atoms with van der Waals surface area (Å²) in [4.78, 5) is 39.5. The fourth-order valence-electron chi connectivity index (χ4n) is 2.06. The number of carbonyl (C=O) groups is 3. The Bertz CT molecular complexity index is 512. The molecule has 10 nitrogen and oxygen atoms in total. The minimum atomic E-state index is -1.13. The molecule has 4 unspecified atom stereocenters. The molecule has 0 aliphatic carbocycles. The quantitative estimate of drug-likeness (QED) is 0.0904. The van der Waals surface area contributed by atoms with Gasteiger partial charge in [0, 0.05) is 12.3 Å². The topological polar surface area (TPSA) is 186 Å². The van der Waals surface area contributed by atoms with E-state index in [2.05, 4.69) is 28.3 Å². The van der Waals surface area contributed by atoms with Crippen LogP contribution in [0.15, 0.2) is 4.99 Å². The lowest BCUT2D eigenvalue weighted by molar-refractivity contribution is -0.143. The lowest BCUT2D eigenvalue weighted by Gasteiger charge is -2.24. The number of hydrogen-bond acceptors (Lipinski definition) is 6. The number of guanidine groups is 1. The zero-order valence-electron chi connectivity index (χ0n) is 15.1. The van der Waals surface area contributed by atoms with Crippen molar-refractivity contribution in [3.05, 3.63) is 0 Å². The third kappa shape index (κ3) is 8.90. The van der Waals surface area contributed by atoms with Crippen molar-refractivity contribution in [2.45, 2.75) is 51.2 Å². The maximum Gasteiger partial charge on any atom is 0.326 e. The van der Waals surface area contributed by atoms with E-state index in [0.29, 0.717) is 25.8 Å². The van der Waals surface area contributed by atoms with Gasteiger partial charge in [-0.15, -0.1) is 0 Å². The van der Waals surface area contributed by atoms with Crippen molar-refractivity contribution in [3.63, 3.8) is 0 Å². The molecule has 0 rings (SSSR count). The fourth-order valence-corrected chi connectivity index (χ4v) is 2.32. The number of nitrogens with two attached hydrogens (primary N) is 3. The Hall–Kier alpha value is -2.01. The third-order valence-electron chi connectivity index (χ3n) is 3.90. The first-order chi connectivity index (χ1) is 12.1. The first kappa shape index (κ1) is 24.0. The van der Waals surface area contributed by atoms with Crippen molar-refractivity contribution in [1.82, 2.24) is 10.6 Å². The van der Waals surface area contributed by atoms with Crippen molar-refractivity contribution < 1.29 is 19.5 Å². The predicted octanol–water partition coefficient (Wildman–Crippen LogP) is -1.60. The zero-order valence-corrected chi connectivity index (χ0v) is 16.0. The van der Waals surface area contributed by atoms with Crippen LogP contribution in [0.3, 0.4) is 0 Å². The van der Waals surface area contributed by atoms with Gasteiger partial charge in [-0.1, -0.05) is 20.3 Å². The summed E-state index contributed by atoms with van der Waals surface area (Å²) >= 11 is 4.05. The molecule has 0 heterocycles. The number of rotatable bonds is 12. The molecule has 0 fully saturated rings. The Balaban J connectivity index is 4.66. The van der Waals surface area contributed by atoms with Crippen LogP contribution < -0.4 is 27.8 Å². The smallest absolute Gasteiger partial charge is 0.326 e. The van der Waals surface area contributed by atoms with Crippen LogP contribution in [-0.2, 0) is 14.4 Å². The van der Waals surface area contributed by atoms with Crippen LogP contribution in [0.4, 0.5) is 0 Å². The van der Waals surface area contributed by atoms with E-state index >= 15 is 0 Å². The van der Waals surface area contributed by atoms with Gasteiger partial charge >= 0.3 is 5.97 Å². The monoisotopic (exact) mass is 390 g/mol. The Kier molecular flexibility index (Phi) is 11.4. The maximum absolute atomic E-state index is 12.3. The molecule has 2 amide bonds. The summed E-state index contributed by atoms with van der Waals surface area (Å²) < 4.78 is 0. The molecule has 0 bridgehead atoms. The zero-order chi connectivity index (χ0) is 20.3. The molecule has 11 heteroatoms. The Morgan fingerprint density at radius 2 is 1.81 bits per heavy atom. The van der Waals surface area contributed by atoms with E-state index in [0.717, 1.165) is 0 Å². The lowest BCUT2D eigenvalue weighted by Crippen LogP contribution is -2.56. The molecule has 0 radical (unpaired) electrons. The molecule has 150 valence electrons. The second kappa shape index (κ2) is 12.4. The number of hydrogen-bond donors (Lipinski definition) is 7. The SMILES string of the molecule is CCC(C)C(NC(=O)C(CS)NC(=O)C(N)CCCN=C(N)N)C(=O)O.